The van der Waals surface area contributed by atoms with E-state index in [2.05, 4.69) is 31.2 Å². The van der Waals surface area contributed by atoms with Gasteiger partial charge in [0.2, 0.25) is 0 Å². The third-order valence-electron chi connectivity index (χ3n) is 10.8. The number of anilines is 2. The van der Waals surface area contributed by atoms with Gasteiger partial charge in [-0.15, -0.1) is 17.5 Å². The molecule has 0 spiro atoms. The Hall–Kier alpha value is -4.89. The number of hydrogen-bond acceptors (Lipinski definition) is 8. The monoisotopic (exact) mass is 1030 g/mol. The molecule has 59 heavy (non-hydrogen) atoms. The second-order valence-electron chi connectivity index (χ2n) is 14.5. The smallest absolute Gasteiger partial charge is 0.261 e. The molecule has 5 aromatic carbocycles. The van der Waals surface area contributed by atoms with Crippen LogP contribution in [0.1, 0.15) is 66.9 Å². The number of nitrogens with zero attached hydrogens (tertiary/aromatic N) is 3. The summed E-state index contributed by atoms with van der Waals surface area (Å²) in [5, 5.41) is 0. The molecule has 1 radical (unpaired) electrons. The average molecular weight is 1030 g/mol. The fraction of sp³-hybridized carbons (Fsp3) is 0.234. The van der Waals surface area contributed by atoms with E-state index in [4.69, 9.17) is 19.2 Å². The first-order valence-electron chi connectivity index (χ1n) is 18.9. The van der Waals surface area contributed by atoms with Crippen molar-refractivity contribution in [1.29, 1.82) is 0 Å². The molecule has 0 bridgehead atoms. The zero-order chi connectivity index (χ0) is 39.6. The molecule has 0 aliphatic carbocycles. The minimum atomic E-state index is -0.384. The Morgan fingerprint density at radius 3 is 2.14 bits per heavy atom. The Kier molecular flexibility index (Phi) is 14.1. The SMILES string of the molecule is COc1cc2c(cc1OCc1c[c-]cc(COc3cc4c(cc3C)C(=O)N3c5ccccc5C[C@H]3CC4)c1)N=C[C@@H]1Cc3ccccc3N1C2=O.[CH2-]C(=O)C[C-]=O.[W].[Y]. The van der Waals surface area contributed by atoms with Crippen molar-refractivity contribution in [3.05, 3.63) is 148 Å². The third kappa shape index (κ3) is 9.01. The number of amides is 2. The number of hydrogen-bond donors (Lipinski definition) is 0. The van der Waals surface area contributed by atoms with Crippen LogP contribution in [0.5, 0.6) is 17.2 Å². The Labute approximate surface area is 383 Å². The Balaban J connectivity index is 0.000000683. The van der Waals surface area contributed by atoms with Gasteiger partial charge in [0.15, 0.2) is 11.5 Å². The van der Waals surface area contributed by atoms with Gasteiger partial charge in [-0.05, 0) is 84.6 Å². The topological polar surface area (TPSA) is 115 Å². The van der Waals surface area contributed by atoms with E-state index in [9.17, 15) is 19.2 Å². The summed E-state index contributed by atoms with van der Waals surface area (Å²) in [4.78, 5) is 55.0. The van der Waals surface area contributed by atoms with Gasteiger partial charge in [-0.3, -0.25) is 25.8 Å². The number of aliphatic imine (C=N–C) groups is 1. The minimum absolute atomic E-state index is 0. The summed E-state index contributed by atoms with van der Waals surface area (Å²) in [6.45, 7) is 5.53. The van der Waals surface area contributed by atoms with Crippen molar-refractivity contribution in [2.75, 3.05) is 16.9 Å². The molecule has 0 saturated heterocycles. The fourth-order valence-electron chi connectivity index (χ4n) is 8.05. The van der Waals surface area contributed by atoms with E-state index in [0.29, 0.717) is 29.4 Å². The summed E-state index contributed by atoms with van der Waals surface area (Å²) in [6.07, 6.45) is 6.45. The molecule has 2 amide bonds. The molecular formula is C47H40N3O7WY-3. The maximum absolute atomic E-state index is 13.8. The van der Waals surface area contributed by atoms with Crippen LogP contribution in [-0.4, -0.2) is 49.3 Å². The van der Waals surface area contributed by atoms with E-state index in [1.54, 1.807) is 19.2 Å². The van der Waals surface area contributed by atoms with Crippen LogP contribution in [0.3, 0.4) is 0 Å². The van der Waals surface area contributed by atoms with Gasteiger partial charge in [0.1, 0.15) is 5.75 Å². The molecule has 0 aromatic heterocycles. The van der Waals surface area contributed by atoms with E-state index in [1.807, 2.05) is 83.6 Å². The first kappa shape index (κ1) is 43.7. The van der Waals surface area contributed by atoms with Crippen LogP contribution in [0.4, 0.5) is 17.1 Å². The van der Waals surface area contributed by atoms with Crippen molar-refractivity contribution in [1.82, 2.24) is 0 Å². The zero-order valence-electron chi connectivity index (χ0n) is 32.7. The average Bonchev–Trinajstić information content (AvgIpc) is 3.71. The molecule has 0 N–H and O–H groups in total. The van der Waals surface area contributed by atoms with Crippen LogP contribution in [0.25, 0.3) is 0 Å². The Bertz CT molecular complexity index is 2450. The van der Waals surface area contributed by atoms with Crippen LogP contribution in [0.15, 0.2) is 96.0 Å². The summed E-state index contributed by atoms with van der Waals surface area (Å²) in [5.41, 5.74) is 9.96. The standard InChI is InChI=1S/C43H36N3O5.C4H4O2.W.Y/c1-26-16-34-29(14-15-32-18-30-10-3-5-12-37(30)45(32)42(34)47)20-39(26)50-24-27-8-7-9-28(17-27)25-51-41-22-36-35(21-40(41)49-2)43(48)46-33(23-44-36)19-31-11-4-6-13-38(31)46;1-4(6)2-3-5;;/h3-6,8-13,16-17,20-23,32-33H,14-15,18-19,24-25H2,1-2H3;1-2H2;;/q-1;-2;;/t32-,33+;;;/m1.../s1. The number of aryl methyl sites for hydroxylation is 2. The van der Waals surface area contributed by atoms with Crippen LogP contribution >= 0.6 is 0 Å². The normalized spacial score (nSPS) is 16.4. The quantitative estimate of drug-likeness (QED) is 0.110. The number of benzene rings is 5. The summed E-state index contributed by atoms with van der Waals surface area (Å²) < 4.78 is 18.3. The van der Waals surface area contributed by atoms with Gasteiger partial charge in [0.25, 0.3) is 11.8 Å². The largest absolute Gasteiger partial charge is 0.541 e. The van der Waals surface area contributed by atoms with Gasteiger partial charge < -0.3 is 35.6 Å². The van der Waals surface area contributed by atoms with E-state index in [-0.39, 0.29) is 96.5 Å². The van der Waals surface area contributed by atoms with Crippen molar-refractivity contribution in [3.63, 3.8) is 0 Å². The number of para-hydroxylation sites is 2. The molecule has 2 atom stereocenters. The van der Waals surface area contributed by atoms with Gasteiger partial charge in [-0.1, -0.05) is 36.4 Å². The zero-order valence-corrected chi connectivity index (χ0v) is 38.5. The van der Waals surface area contributed by atoms with Crippen LogP contribution in [-0.2, 0) is 95.8 Å². The van der Waals surface area contributed by atoms with Gasteiger partial charge in [0, 0.05) is 95.5 Å². The van der Waals surface area contributed by atoms with E-state index in [0.717, 1.165) is 76.2 Å². The van der Waals surface area contributed by atoms with Crippen LogP contribution < -0.4 is 24.0 Å². The fourth-order valence-corrected chi connectivity index (χ4v) is 8.05. The number of methoxy groups -OCH3 is 1. The molecule has 10 nitrogen and oxygen atoms in total. The van der Waals surface area contributed by atoms with Crippen molar-refractivity contribution >= 4 is 47.2 Å². The summed E-state index contributed by atoms with van der Waals surface area (Å²) >= 11 is 0. The van der Waals surface area contributed by atoms with Gasteiger partial charge in [-0.25, -0.2) is 0 Å². The molecular weight excluding hydrogens is 991 g/mol. The summed E-state index contributed by atoms with van der Waals surface area (Å²) in [6, 6.07) is 32.9. The van der Waals surface area contributed by atoms with Crippen LogP contribution in [0, 0.1) is 19.9 Å². The molecule has 297 valence electrons. The first-order valence-corrected chi connectivity index (χ1v) is 18.9. The predicted molar refractivity (Wildman–Crippen MR) is 217 cm³/mol. The summed E-state index contributed by atoms with van der Waals surface area (Å²) in [7, 11) is 1.57. The second kappa shape index (κ2) is 19.0. The number of carbonyl (C=O) groups is 3. The van der Waals surface area contributed by atoms with Gasteiger partial charge in [0.05, 0.1) is 37.6 Å². The van der Waals surface area contributed by atoms with Crippen LogP contribution in [0.2, 0.25) is 0 Å². The minimum Gasteiger partial charge on any atom is -0.541 e. The van der Waals surface area contributed by atoms with Crippen molar-refractivity contribution in [3.8, 4) is 17.2 Å². The molecule has 0 unspecified atom stereocenters. The molecule has 4 heterocycles. The van der Waals surface area contributed by atoms with Crippen molar-refractivity contribution < 1.29 is 87.2 Å². The number of ether oxygens (including phenoxy) is 3. The molecule has 4 aliphatic rings. The third-order valence-corrected chi connectivity index (χ3v) is 10.8. The number of ketones is 1. The summed E-state index contributed by atoms with van der Waals surface area (Å²) in [5.74, 6) is 1.33. The van der Waals surface area contributed by atoms with E-state index < -0.39 is 0 Å². The Morgan fingerprint density at radius 1 is 0.831 bits per heavy atom. The van der Waals surface area contributed by atoms with Crippen molar-refractivity contribution in [2.45, 2.75) is 64.3 Å². The first-order chi connectivity index (χ1) is 27.7. The molecule has 0 fully saturated rings. The molecule has 0 saturated carbocycles. The second-order valence-corrected chi connectivity index (χ2v) is 14.5. The number of Topliss-reactive ketones (excluding diaryl/α,β-unsaturated/α-hetero) is 1. The predicted octanol–water partition coefficient (Wildman–Crippen LogP) is 7.65. The number of rotatable bonds is 9. The molecule has 5 aromatic rings. The van der Waals surface area contributed by atoms with Gasteiger partial charge in [-0.2, -0.15) is 24.3 Å². The maximum Gasteiger partial charge on any atom is 0.261 e. The van der Waals surface area contributed by atoms with Gasteiger partial charge >= 0.3 is 0 Å². The molecule has 9 rings (SSSR count). The van der Waals surface area contributed by atoms with E-state index >= 15 is 0 Å². The number of carbonyl (C=O) groups excluding carboxylic acids is 4. The number of fused-ring (bicyclic) bond motifs is 8. The molecule has 4 aliphatic heterocycles. The van der Waals surface area contributed by atoms with Crippen molar-refractivity contribution in [2.24, 2.45) is 4.99 Å². The Morgan fingerprint density at radius 2 is 1.47 bits per heavy atom. The maximum atomic E-state index is 13.8. The van der Waals surface area contributed by atoms with E-state index in [1.165, 1.54) is 11.8 Å². The molecule has 12 heteroatoms.